The first-order valence-electron chi connectivity index (χ1n) is 8.26. The van der Waals surface area contributed by atoms with Gasteiger partial charge in [-0.2, -0.15) is 0 Å². The van der Waals surface area contributed by atoms with E-state index in [-0.39, 0.29) is 6.61 Å². The minimum absolute atomic E-state index is 0.261. The van der Waals surface area contributed by atoms with E-state index in [1.165, 1.54) is 24.0 Å². The first kappa shape index (κ1) is 18.1. The molecule has 1 aliphatic rings. The molecule has 0 aliphatic carbocycles. The highest BCUT2D eigenvalue weighted by Gasteiger charge is 2.51. The summed E-state index contributed by atoms with van der Waals surface area (Å²) in [4.78, 5) is 25.7. The van der Waals surface area contributed by atoms with Gasteiger partial charge >= 0.3 is 5.97 Å². The molecule has 1 fully saturated rings. The van der Waals surface area contributed by atoms with E-state index in [4.69, 9.17) is 4.74 Å². The molecule has 136 valence electrons. The number of nitrogens with zero attached hydrogens (tertiary/aromatic N) is 1. The van der Waals surface area contributed by atoms with Crippen LogP contribution in [0.5, 0.6) is 0 Å². The van der Waals surface area contributed by atoms with Crippen molar-refractivity contribution < 1.29 is 22.7 Å². The fourth-order valence-electron chi connectivity index (χ4n) is 2.98. The van der Waals surface area contributed by atoms with Gasteiger partial charge in [-0.1, -0.05) is 30.3 Å². The molecule has 0 spiro atoms. The number of hydrogen-bond acceptors (Lipinski definition) is 5. The third-order valence-electron chi connectivity index (χ3n) is 4.37. The summed E-state index contributed by atoms with van der Waals surface area (Å²) in [6.45, 7) is 3.38. The number of benzene rings is 2. The van der Waals surface area contributed by atoms with Crippen molar-refractivity contribution in [1.82, 2.24) is 0 Å². The minimum Gasteiger partial charge on any atom is -0.462 e. The zero-order valence-corrected chi connectivity index (χ0v) is 15.3. The Morgan fingerprint density at radius 3 is 2.27 bits per heavy atom. The van der Waals surface area contributed by atoms with Gasteiger partial charge in [0.05, 0.1) is 12.2 Å². The lowest BCUT2D eigenvalue weighted by atomic mass is 10.1. The standard InChI is InChI=1S/C19H19NO5S/c1-3-25-19(22)15-9-11-16(12-10-15)20-17(21)13(2)26(23,24)18(20)14-7-5-4-6-8-14/h4-13,18H,3H2,1-2H3/t13-,18-/m1/s1. The van der Waals surface area contributed by atoms with Crippen molar-refractivity contribution in [3.8, 4) is 0 Å². The Morgan fingerprint density at radius 1 is 1.08 bits per heavy atom. The molecule has 7 heteroatoms. The van der Waals surface area contributed by atoms with Gasteiger partial charge in [0, 0.05) is 5.69 Å². The van der Waals surface area contributed by atoms with E-state index in [1.807, 2.05) is 0 Å². The maximum atomic E-state index is 12.8. The highest BCUT2D eigenvalue weighted by Crippen LogP contribution is 2.40. The van der Waals surface area contributed by atoms with E-state index in [1.54, 1.807) is 49.4 Å². The molecule has 0 aromatic heterocycles. The first-order chi connectivity index (χ1) is 12.4. The van der Waals surface area contributed by atoms with Crippen molar-refractivity contribution in [2.24, 2.45) is 0 Å². The number of anilines is 1. The van der Waals surface area contributed by atoms with Crippen molar-refractivity contribution in [2.75, 3.05) is 11.5 Å². The van der Waals surface area contributed by atoms with Gasteiger partial charge in [-0.15, -0.1) is 0 Å². The molecule has 1 amide bonds. The fraction of sp³-hybridized carbons (Fsp3) is 0.263. The molecule has 1 aliphatic heterocycles. The molecule has 2 atom stereocenters. The minimum atomic E-state index is -3.72. The van der Waals surface area contributed by atoms with Crippen LogP contribution in [-0.4, -0.2) is 32.2 Å². The summed E-state index contributed by atoms with van der Waals surface area (Å²) >= 11 is 0. The summed E-state index contributed by atoms with van der Waals surface area (Å²) in [7, 11) is -3.72. The Labute approximate surface area is 152 Å². The third kappa shape index (κ3) is 2.99. The lowest BCUT2D eigenvalue weighted by Crippen LogP contribution is -2.30. The van der Waals surface area contributed by atoms with Crippen molar-refractivity contribution in [1.29, 1.82) is 0 Å². The SMILES string of the molecule is CCOC(=O)c1ccc(N2C(=O)[C@@H](C)S(=O)(=O)[C@@H]2c2ccccc2)cc1. The van der Waals surface area contributed by atoms with Crippen LogP contribution in [0.25, 0.3) is 0 Å². The number of esters is 1. The highest BCUT2D eigenvalue weighted by atomic mass is 32.2. The number of sulfone groups is 1. The van der Waals surface area contributed by atoms with Crippen molar-refractivity contribution in [3.05, 3.63) is 65.7 Å². The quantitative estimate of drug-likeness (QED) is 0.770. The Hall–Kier alpha value is -2.67. The highest BCUT2D eigenvalue weighted by molar-refractivity contribution is 7.93. The zero-order chi connectivity index (χ0) is 18.9. The van der Waals surface area contributed by atoms with E-state index in [0.29, 0.717) is 16.8 Å². The molecule has 1 heterocycles. The largest absolute Gasteiger partial charge is 0.462 e. The van der Waals surface area contributed by atoms with Crippen LogP contribution in [0.3, 0.4) is 0 Å². The normalized spacial score (nSPS) is 21.6. The smallest absolute Gasteiger partial charge is 0.338 e. The number of hydrogen-bond donors (Lipinski definition) is 0. The van der Waals surface area contributed by atoms with Crippen molar-refractivity contribution in [2.45, 2.75) is 24.5 Å². The Balaban J connectivity index is 2.04. The molecule has 3 rings (SSSR count). The Kier molecular flexibility index (Phi) is 4.82. The Bertz CT molecular complexity index is 922. The van der Waals surface area contributed by atoms with Gasteiger partial charge in [0.1, 0.15) is 5.25 Å². The average molecular weight is 373 g/mol. The average Bonchev–Trinajstić information content (AvgIpc) is 2.83. The summed E-state index contributed by atoms with van der Waals surface area (Å²) in [5.41, 5.74) is 1.29. The lowest BCUT2D eigenvalue weighted by molar-refractivity contribution is -0.117. The van der Waals surface area contributed by atoms with Crippen LogP contribution in [0.2, 0.25) is 0 Å². The van der Waals surface area contributed by atoms with Crippen LogP contribution in [0.1, 0.15) is 35.1 Å². The second-order valence-corrected chi connectivity index (χ2v) is 8.30. The van der Waals surface area contributed by atoms with Crippen LogP contribution < -0.4 is 4.90 Å². The van der Waals surface area contributed by atoms with Crippen LogP contribution in [0.4, 0.5) is 5.69 Å². The molecule has 0 unspecified atom stereocenters. The van der Waals surface area contributed by atoms with Gasteiger partial charge < -0.3 is 4.74 Å². The molecule has 2 aromatic rings. The lowest BCUT2D eigenvalue weighted by Gasteiger charge is -2.24. The maximum Gasteiger partial charge on any atom is 0.338 e. The maximum absolute atomic E-state index is 12.8. The molecule has 0 bridgehead atoms. The van der Waals surface area contributed by atoms with Crippen molar-refractivity contribution >= 4 is 27.4 Å². The van der Waals surface area contributed by atoms with Gasteiger partial charge in [-0.3, -0.25) is 9.69 Å². The molecule has 2 aromatic carbocycles. The summed E-state index contributed by atoms with van der Waals surface area (Å²) in [6, 6.07) is 14.8. The van der Waals surface area contributed by atoms with E-state index in [2.05, 4.69) is 0 Å². The molecular weight excluding hydrogens is 354 g/mol. The topological polar surface area (TPSA) is 80.8 Å². The van der Waals surface area contributed by atoms with E-state index >= 15 is 0 Å². The van der Waals surface area contributed by atoms with Gasteiger partial charge in [0.2, 0.25) is 5.91 Å². The van der Waals surface area contributed by atoms with Gasteiger partial charge in [0.25, 0.3) is 0 Å². The number of carbonyl (C=O) groups is 2. The van der Waals surface area contributed by atoms with Crippen molar-refractivity contribution in [3.63, 3.8) is 0 Å². The first-order valence-corrected chi connectivity index (χ1v) is 9.86. The molecule has 0 radical (unpaired) electrons. The molecule has 1 saturated heterocycles. The molecule has 26 heavy (non-hydrogen) atoms. The summed E-state index contributed by atoms with van der Waals surface area (Å²) in [5, 5.41) is -2.21. The summed E-state index contributed by atoms with van der Waals surface area (Å²) in [6.07, 6.45) is 0. The predicted molar refractivity (Wildman–Crippen MR) is 97.4 cm³/mol. The monoisotopic (exact) mass is 373 g/mol. The molecule has 0 N–H and O–H groups in total. The summed E-state index contributed by atoms with van der Waals surface area (Å²) in [5.74, 6) is -0.949. The molecule has 6 nitrogen and oxygen atoms in total. The Morgan fingerprint density at radius 2 is 1.69 bits per heavy atom. The van der Waals surface area contributed by atoms with Gasteiger partial charge in [-0.25, -0.2) is 13.2 Å². The number of rotatable bonds is 4. The third-order valence-corrected chi connectivity index (χ3v) is 6.66. The van der Waals surface area contributed by atoms with Gasteiger partial charge in [0.15, 0.2) is 15.2 Å². The van der Waals surface area contributed by atoms with Crippen LogP contribution in [0.15, 0.2) is 54.6 Å². The van der Waals surface area contributed by atoms with Crippen LogP contribution in [0, 0.1) is 0 Å². The molecule has 0 saturated carbocycles. The summed E-state index contributed by atoms with van der Waals surface area (Å²) < 4.78 is 30.6. The number of ether oxygens (including phenoxy) is 1. The van der Waals surface area contributed by atoms with E-state index < -0.39 is 32.3 Å². The predicted octanol–water partition coefficient (Wildman–Crippen LogP) is 2.71. The van der Waals surface area contributed by atoms with E-state index in [0.717, 1.165) is 0 Å². The second-order valence-electron chi connectivity index (χ2n) is 5.97. The second kappa shape index (κ2) is 6.92. The fourth-order valence-corrected chi connectivity index (χ4v) is 4.82. The zero-order valence-electron chi connectivity index (χ0n) is 14.5. The number of amides is 1. The van der Waals surface area contributed by atoms with Gasteiger partial charge in [-0.05, 0) is 43.7 Å². The van der Waals surface area contributed by atoms with Crippen LogP contribution >= 0.6 is 0 Å². The molecular formula is C19H19NO5S. The van der Waals surface area contributed by atoms with Crippen LogP contribution in [-0.2, 0) is 19.4 Å². The van der Waals surface area contributed by atoms with E-state index in [9.17, 15) is 18.0 Å². The number of carbonyl (C=O) groups excluding carboxylic acids is 2.